The summed E-state index contributed by atoms with van der Waals surface area (Å²) >= 11 is 0. The van der Waals surface area contributed by atoms with Crippen LogP contribution in [0, 0.1) is 0 Å². The van der Waals surface area contributed by atoms with Crippen LogP contribution >= 0.6 is 0 Å². The summed E-state index contributed by atoms with van der Waals surface area (Å²) in [7, 11) is -2.08. The van der Waals surface area contributed by atoms with Crippen LogP contribution < -0.4 is 15.8 Å². The predicted molar refractivity (Wildman–Crippen MR) is 83.6 cm³/mol. The number of nitrogens with two attached hydrogens (primary N) is 1. The van der Waals surface area contributed by atoms with Gasteiger partial charge in [0.05, 0.1) is 11.5 Å². The van der Waals surface area contributed by atoms with Crippen molar-refractivity contribution in [1.82, 2.24) is 10.0 Å². The minimum absolute atomic E-state index is 0.155. The maximum atomic E-state index is 12.1. The second-order valence-corrected chi connectivity index (χ2v) is 6.76. The number of hydrogen-bond donors (Lipinski definition) is 3. The van der Waals surface area contributed by atoms with E-state index in [4.69, 9.17) is 10.5 Å². The van der Waals surface area contributed by atoms with Gasteiger partial charge in [0.2, 0.25) is 15.9 Å². The Morgan fingerprint density at radius 3 is 2.77 bits per heavy atom. The van der Waals surface area contributed by atoms with Gasteiger partial charge in [0.25, 0.3) is 0 Å². The second kappa shape index (κ2) is 8.84. The van der Waals surface area contributed by atoms with Crippen molar-refractivity contribution in [3.63, 3.8) is 0 Å². The lowest BCUT2D eigenvalue weighted by atomic mass is 10.2. The van der Waals surface area contributed by atoms with Crippen LogP contribution in [0.5, 0.6) is 0 Å². The highest BCUT2D eigenvalue weighted by molar-refractivity contribution is 7.89. The number of sulfonamides is 1. The highest BCUT2D eigenvalue weighted by atomic mass is 32.2. The Labute approximate surface area is 131 Å². The predicted octanol–water partition coefficient (Wildman–Crippen LogP) is -0.0352. The Bertz CT molecular complexity index is 588. The molecule has 0 fully saturated rings. The topological polar surface area (TPSA) is 111 Å². The van der Waals surface area contributed by atoms with Crippen molar-refractivity contribution < 1.29 is 17.9 Å². The lowest BCUT2D eigenvalue weighted by Crippen LogP contribution is -2.29. The Hall–Kier alpha value is -1.48. The minimum atomic E-state index is -3.58. The fraction of sp³-hybridized carbons (Fsp3) is 0.500. The van der Waals surface area contributed by atoms with Gasteiger partial charge in [0.1, 0.15) is 0 Å². The van der Waals surface area contributed by atoms with Crippen LogP contribution in [0.25, 0.3) is 0 Å². The number of benzene rings is 1. The summed E-state index contributed by atoms with van der Waals surface area (Å²) in [5, 5.41) is 2.71. The molecule has 1 atom stereocenters. The molecule has 0 radical (unpaired) electrons. The zero-order valence-corrected chi connectivity index (χ0v) is 13.7. The smallest absolute Gasteiger partial charge is 0.240 e. The molecule has 1 unspecified atom stereocenters. The largest absolute Gasteiger partial charge is 0.383 e. The van der Waals surface area contributed by atoms with Crippen molar-refractivity contribution in [2.24, 2.45) is 5.73 Å². The minimum Gasteiger partial charge on any atom is -0.383 e. The number of carbonyl (C=O) groups excluding carboxylic acids is 1. The molecule has 7 nitrogen and oxygen atoms in total. The molecule has 0 saturated heterocycles. The summed E-state index contributed by atoms with van der Waals surface area (Å²) in [5.41, 5.74) is 6.24. The Balaban J connectivity index is 2.67. The monoisotopic (exact) mass is 329 g/mol. The number of carbonyl (C=O) groups is 1. The Morgan fingerprint density at radius 2 is 2.14 bits per heavy atom. The van der Waals surface area contributed by atoms with E-state index >= 15 is 0 Å². The Kier molecular flexibility index (Phi) is 7.46. The third kappa shape index (κ3) is 6.52. The molecule has 0 aromatic heterocycles. The van der Waals surface area contributed by atoms with Gasteiger partial charge in [-0.05, 0) is 24.6 Å². The van der Waals surface area contributed by atoms with Crippen LogP contribution in [-0.2, 0) is 26.1 Å². The van der Waals surface area contributed by atoms with E-state index in [0.717, 1.165) is 0 Å². The van der Waals surface area contributed by atoms with E-state index in [9.17, 15) is 13.2 Å². The molecule has 1 aromatic carbocycles. The summed E-state index contributed by atoms with van der Waals surface area (Å²) in [6.07, 6.45) is 0.233. The number of ether oxygens (including phenoxy) is 1. The third-order valence-electron chi connectivity index (χ3n) is 2.80. The maximum absolute atomic E-state index is 12.1. The van der Waals surface area contributed by atoms with Crippen LogP contribution in [0.4, 0.5) is 0 Å². The lowest BCUT2D eigenvalue weighted by molar-refractivity contribution is -0.121. The van der Waals surface area contributed by atoms with Crippen LogP contribution in [0.3, 0.4) is 0 Å². The zero-order valence-electron chi connectivity index (χ0n) is 12.8. The molecule has 1 amide bonds. The summed E-state index contributed by atoms with van der Waals surface area (Å²) in [6.45, 7) is 2.51. The van der Waals surface area contributed by atoms with Gasteiger partial charge in [-0.1, -0.05) is 12.1 Å². The molecule has 8 heteroatoms. The third-order valence-corrected chi connectivity index (χ3v) is 4.26. The molecular weight excluding hydrogens is 306 g/mol. The van der Waals surface area contributed by atoms with E-state index in [1.54, 1.807) is 19.1 Å². The normalized spacial score (nSPS) is 12.9. The highest BCUT2D eigenvalue weighted by Crippen LogP contribution is 2.11. The molecular formula is C14H23N3O4S. The quantitative estimate of drug-likeness (QED) is 0.551. The van der Waals surface area contributed by atoms with Crippen molar-refractivity contribution in [2.75, 3.05) is 20.3 Å². The summed E-state index contributed by atoms with van der Waals surface area (Å²) < 4.78 is 31.4. The molecule has 0 heterocycles. The fourth-order valence-electron chi connectivity index (χ4n) is 1.75. The maximum Gasteiger partial charge on any atom is 0.240 e. The van der Waals surface area contributed by atoms with Gasteiger partial charge in [-0.25, -0.2) is 13.1 Å². The first-order chi connectivity index (χ1) is 10.3. The average molecular weight is 329 g/mol. The lowest BCUT2D eigenvalue weighted by Gasteiger charge is -2.10. The first-order valence-corrected chi connectivity index (χ1v) is 8.43. The van der Waals surface area contributed by atoms with Crippen molar-refractivity contribution in [2.45, 2.75) is 30.8 Å². The van der Waals surface area contributed by atoms with Gasteiger partial charge in [0.15, 0.2) is 0 Å². The molecule has 4 N–H and O–H groups in total. The highest BCUT2D eigenvalue weighted by Gasteiger charge is 2.14. The van der Waals surface area contributed by atoms with E-state index in [0.29, 0.717) is 12.2 Å². The molecule has 0 aliphatic carbocycles. The second-order valence-electron chi connectivity index (χ2n) is 5.00. The standard InChI is InChI=1S/C14H23N3O4S/c1-11(15)8-14(18)16-10-12-4-3-5-13(9-12)22(19,20)17-6-7-21-2/h3-5,9,11,17H,6-8,10,15H2,1-2H3,(H,16,18). The molecule has 1 rings (SSSR count). The van der Waals surface area contributed by atoms with Crippen LogP contribution in [0.15, 0.2) is 29.2 Å². The molecule has 0 bridgehead atoms. The number of amides is 1. The van der Waals surface area contributed by atoms with Crippen molar-refractivity contribution in [3.05, 3.63) is 29.8 Å². The van der Waals surface area contributed by atoms with Crippen LogP contribution in [0.1, 0.15) is 18.9 Å². The SMILES string of the molecule is COCCNS(=O)(=O)c1cccc(CNC(=O)CC(C)N)c1. The van der Waals surface area contributed by atoms with Crippen molar-refractivity contribution >= 4 is 15.9 Å². The molecule has 124 valence electrons. The zero-order chi connectivity index (χ0) is 16.6. The first-order valence-electron chi connectivity index (χ1n) is 6.95. The number of nitrogens with one attached hydrogen (secondary N) is 2. The molecule has 0 aliphatic heterocycles. The van der Waals surface area contributed by atoms with E-state index < -0.39 is 10.0 Å². The summed E-state index contributed by atoms with van der Waals surface area (Å²) in [6, 6.07) is 6.21. The molecule has 0 spiro atoms. The van der Waals surface area contributed by atoms with Crippen LogP contribution in [0.2, 0.25) is 0 Å². The van der Waals surface area contributed by atoms with E-state index in [2.05, 4.69) is 10.0 Å². The Morgan fingerprint density at radius 1 is 1.41 bits per heavy atom. The molecule has 1 aromatic rings. The molecule has 22 heavy (non-hydrogen) atoms. The van der Waals surface area contributed by atoms with Crippen LogP contribution in [-0.4, -0.2) is 40.6 Å². The van der Waals surface area contributed by atoms with Crippen molar-refractivity contribution in [3.8, 4) is 0 Å². The summed E-state index contributed by atoms with van der Waals surface area (Å²) in [4.78, 5) is 11.7. The van der Waals surface area contributed by atoms with Gasteiger partial charge in [-0.2, -0.15) is 0 Å². The van der Waals surface area contributed by atoms with Gasteiger partial charge < -0.3 is 15.8 Å². The van der Waals surface area contributed by atoms with E-state index in [-0.39, 0.29) is 36.4 Å². The number of hydrogen-bond acceptors (Lipinski definition) is 5. The van der Waals surface area contributed by atoms with E-state index in [1.807, 2.05) is 0 Å². The molecule has 0 aliphatic rings. The fourth-order valence-corrected chi connectivity index (χ4v) is 2.83. The van der Waals surface area contributed by atoms with Gasteiger partial charge in [0, 0.05) is 32.7 Å². The summed E-state index contributed by atoms with van der Waals surface area (Å²) in [5.74, 6) is -0.165. The number of methoxy groups -OCH3 is 1. The molecule has 0 saturated carbocycles. The number of rotatable bonds is 9. The van der Waals surface area contributed by atoms with E-state index in [1.165, 1.54) is 19.2 Å². The van der Waals surface area contributed by atoms with Gasteiger partial charge in [-0.15, -0.1) is 0 Å². The van der Waals surface area contributed by atoms with Gasteiger partial charge >= 0.3 is 0 Å². The van der Waals surface area contributed by atoms with Crippen molar-refractivity contribution in [1.29, 1.82) is 0 Å². The van der Waals surface area contributed by atoms with Gasteiger partial charge in [-0.3, -0.25) is 4.79 Å². The average Bonchev–Trinajstić information content (AvgIpc) is 2.45. The first kappa shape index (κ1) is 18.6.